The van der Waals surface area contributed by atoms with E-state index in [-0.39, 0.29) is 16.5 Å². The van der Waals surface area contributed by atoms with Gasteiger partial charge in [0.2, 0.25) is 0 Å². The summed E-state index contributed by atoms with van der Waals surface area (Å²) < 4.78 is 9.51. The lowest BCUT2D eigenvalue weighted by Gasteiger charge is -2.20. The standard InChI is InChI=1S/C11H12ClNO6/c1-11(15,10(14)18-2)6-19-9-5-7(13(16)17)3-4-8(9)12/h3-5,15H,6H2,1-2H3. The van der Waals surface area contributed by atoms with Gasteiger partial charge in [0.25, 0.3) is 5.69 Å². The summed E-state index contributed by atoms with van der Waals surface area (Å²) in [6, 6.07) is 3.62. The Balaban J connectivity index is 2.85. The van der Waals surface area contributed by atoms with E-state index in [1.165, 1.54) is 19.1 Å². The number of carbonyl (C=O) groups excluding carboxylic acids is 1. The fraction of sp³-hybridized carbons (Fsp3) is 0.364. The average molecular weight is 290 g/mol. The van der Waals surface area contributed by atoms with Crippen molar-refractivity contribution in [3.63, 3.8) is 0 Å². The van der Waals surface area contributed by atoms with Crippen molar-refractivity contribution in [1.82, 2.24) is 0 Å². The molecule has 0 aliphatic carbocycles. The lowest BCUT2D eigenvalue weighted by atomic mass is 10.1. The zero-order valence-corrected chi connectivity index (χ0v) is 11.0. The van der Waals surface area contributed by atoms with Crippen LogP contribution in [0.1, 0.15) is 6.92 Å². The Morgan fingerprint density at radius 2 is 2.21 bits per heavy atom. The minimum atomic E-state index is -1.87. The molecule has 0 fully saturated rings. The van der Waals surface area contributed by atoms with Crippen LogP contribution in [0.25, 0.3) is 0 Å². The summed E-state index contributed by atoms with van der Waals surface area (Å²) >= 11 is 5.80. The number of nitrogens with zero attached hydrogens (tertiary/aromatic N) is 1. The number of aliphatic hydroxyl groups is 1. The summed E-state index contributed by atoms with van der Waals surface area (Å²) in [5, 5.41) is 20.5. The lowest BCUT2D eigenvalue weighted by Crippen LogP contribution is -2.42. The molecule has 1 unspecified atom stereocenters. The van der Waals surface area contributed by atoms with Crippen molar-refractivity contribution in [2.75, 3.05) is 13.7 Å². The molecule has 0 saturated heterocycles. The third-order valence-corrected chi connectivity index (χ3v) is 2.57. The van der Waals surface area contributed by atoms with Crippen LogP contribution in [-0.2, 0) is 9.53 Å². The molecule has 1 N–H and O–H groups in total. The Hall–Kier alpha value is -1.86. The molecule has 1 aromatic rings. The maximum Gasteiger partial charge on any atom is 0.341 e. The summed E-state index contributed by atoms with van der Waals surface area (Å²) in [6.45, 7) is 0.755. The van der Waals surface area contributed by atoms with E-state index in [4.69, 9.17) is 16.3 Å². The fourth-order valence-corrected chi connectivity index (χ4v) is 1.39. The Labute approximate surface area is 113 Å². The van der Waals surface area contributed by atoms with Gasteiger partial charge in [-0.15, -0.1) is 0 Å². The normalized spacial score (nSPS) is 13.5. The average Bonchev–Trinajstić information content (AvgIpc) is 2.36. The summed E-state index contributed by atoms with van der Waals surface area (Å²) in [5.74, 6) is -0.880. The maximum atomic E-state index is 11.2. The van der Waals surface area contributed by atoms with Gasteiger partial charge >= 0.3 is 5.97 Å². The maximum absolute atomic E-state index is 11.2. The largest absolute Gasteiger partial charge is 0.488 e. The third kappa shape index (κ3) is 3.80. The molecule has 19 heavy (non-hydrogen) atoms. The SMILES string of the molecule is COC(=O)C(C)(O)COc1cc([N+](=O)[O-])ccc1Cl. The fourth-order valence-electron chi connectivity index (χ4n) is 1.21. The van der Waals surface area contributed by atoms with Gasteiger partial charge in [0.05, 0.1) is 23.1 Å². The number of non-ortho nitro benzene ring substituents is 1. The van der Waals surface area contributed by atoms with Crippen molar-refractivity contribution in [3.8, 4) is 5.75 Å². The summed E-state index contributed by atoms with van der Waals surface area (Å²) in [5.41, 5.74) is -2.08. The molecule has 0 spiro atoms. The van der Waals surface area contributed by atoms with E-state index in [2.05, 4.69) is 4.74 Å². The molecule has 7 nitrogen and oxygen atoms in total. The molecule has 0 saturated carbocycles. The molecule has 0 aromatic heterocycles. The summed E-state index contributed by atoms with van der Waals surface area (Å²) in [4.78, 5) is 21.2. The quantitative estimate of drug-likeness (QED) is 0.501. The van der Waals surface area contributed by atoms with E-state index in [1.807, 2.05) is 0 Å². The topological polar surface area (TPSA) is 98.9 Å². The van der Waals surface area contributed by atoms with Crippen LogP contribution in [0.15, 0.2) is 18.2 Å². The van der Waals surface area contributed by atoms with E-state index in [0.29, 0.717) is 0 Å². The van der Waals surface area contributed by atoms with Gasteiger partial charge in [-0.05, 0) is 13.0 Å². The number of rotatable bonds is 5. The lowest BCUT2D eigenvalue weighted by molar-refractivity contribution is -0.384. The van der Waals surface area contributed by atoms with Gasteiger partial charge in [0.1, 0.15) is 12.4 Å². The second-order valence-electron chi connectivity index (χ2n) is 3.93. The van der Waals surface area contributed by atoms with Crippen molar-refractivity contribution in [1.29, 1.82) is 0 Å². The molecule has 1 aromatic carbocycles. The molecular weight excluding hydrogens is 278 g/mol. The second kappa shape index (κ2) is 5.85. The van der Waals surface area contributed by atoms with Gasteiger partial charge in [-0.2, -0.15) is 0 Å². The molecule has 0 bridgehead atoms. The van der Waals surface area contributed by atoms with E-state index < -0.39 is 23.1 Å². The van der Waals surface area contributed by atoms with Crippen LogP contribution in [0, 0.1) is 10.1 Å². The van der Waals surface area contributed by atoms with Crippen molar-refractivity contribution < 1.29 is 24.3 Å². The van der Waals surface area contributed by atoms with Crippen LogP contribution < -0.4 is 4.74 Å². The minimum Gasteiger partial charge on any atom is -0.488 e. The molecular formula is C11H12ClNO6. The predicted molar refractivity (Wildman–Crippen MR) is 66.2 cm³/mol. The molecule has 0 heterocycles. The van der Waals surface area contributed by atoms with Gasteiger partial charge in [-0.3, -0.25) is 10.1 Å². The number of hydrogen-bond donors (Lipinski definition) is 1. The first kappa shape index (κ1) is 15.2. The Morgan fingerprint density at radius 1 is 1.58 bits per heavy atom. The van der Waals surface area contributed by atoms with Crippen molar-refractivity contribution in [2.24, 2.45) is 0 Å². The number of nitro groups is 1. The molecule has 8 heteroatoms. The highest BCUT2D eigenvalue weighted by Gasteiger charge is 2.33. The van der Waals surface area contributed by atoms with Crippen LogP contribution in [0.2, 0.25) is 5.02 Å². The molecule has 0 aliphatic rings. The molecule has 1 atom stereocenters. The number of esters is 1. The van der Waals surface area contributed by atoms with E-state index >= 15 is 0 Å². The molecule has 0 aliphatic heterocycles. The number of ether oxygens (including phenoxy) is 2. The van der Waals surface area contributed by atoms with Crippen LogP contribution in [0.3, 0.4) is 0 Å². The highest BCUT2D eigenvalue weighted by Crippen LogP contribution is 2.29. The first-order valence-corrected chi connectivity index (χ1v) is 5.53. The Bertz CT molecular complexity index is 502. The molecule has 104 valence electrons. The third-order valence-electron chi connectivity index (χ3n) is 2.26. The minimum absolute atomic E-state index is 0.0000414. The highest BCUT2D eigenvalue weighted by molar-refractivity contribution is 6.32. The summed E-state index contributed by atoms with van der Waals surface area (Å²) in [6.07, 6.45) is 0. The monoisotopic (exact) mass is 289 g/mol. The first-order valence-electron chi connectivity index (χ1n) is 5.15. The van der Waals surface area contributed by atoms with Crippen molar-refractivity contribution in [2.45, 2.75) is 12.5 Å². The van der Waals surface area contributed by atoms with Crippen LogP contribution >= 0.6 is 11.6 Å². The number of carbonyl (C=O) groups is 1. The molecule has 1 rings (SSSR count). The van der Waals surface area contributed by atoms with Gasteiger partial charge in [-0.25, -0.2) is 4.79 Å². The van der Waals surface area contributed by atoms with Gasteiger partial charge in [-0.1, -0.05) is 11.6 Å². The number of methoxy groups -OCH3 is 1. The van der Waals surface area contributed by atoms with Crippen molar-refractivity contribution >= 4 is 23.3 Å². The van der Waals surface area contributed by atoms with Gasteiger partial charge in [0.15, 0.2) is 5.60 Å². The number of benzene rings is 1. The molecule has 0 amide bonds. The summed E-state index contributed by atoms with van der Waals surface area (Å²) in [7, 11) is 1.12. The van der Waals surface area contributed by atoms with E-state index in [1.54, 1.807) is 0 Å². The first-order chi connectivity index (χ1) is 8.77. The van der Waals surface area contributed by atoms with Gasteiger partial charge < -0.3 is 14.6 Å². The van der Waals surface area contributed by atoms with E-state index in [9.17, 15) is 20.0 Å². The number of halogens is 1. The van der Waals surface area contributed by atoms with Crippen LogP contribution in [0.5, 0.6) is 5.75 Å². The van der Waals surface area contributed by atoms with E-state index in [0.717, 1.165) is 13.2 Å². The molecule has 0 radical (unpaired) electrons. The Morgan fingerprint density at radius 3 is 2.74 bits per heavy atom. The predicted octanol–water partition coefficient (Wildman–Crippen LogP) is 1.55. The van der Waals surface area contributed by atoms with Crippen LogP contribution in [-0.4, -0.2) is 35.3 Å². The van der Waals surface area contributed by atoms with Crippen molar-refractivity contribution in [3.05, 3.63) is 33.3 Å². The zero-order chi connectivity index (χ0) is 14.6. The Kier molecular flexibility index (Phi) is 4.68. The second-order valence-corrected chi connectivity index (χ2v) is 4.33. The number of nitro benzene ring substituents is 1. The smallest absolute Gasteiger partial charge is 0.341 e. The van der Waals surface area contributed by atoms with Gasteiger partial charge in [0, 0.05) is 6.07 Å². The highest BCUT2D eigenvalue weighted by atomic mass is 35.5. The number of hydrogen-bond acceptors (Lipinski definition) is 6. The van der Waals surface area contributed by atoms with Crippen LogP contribution in [0.4, 0.5) is 5.69 Å². The zero-order valence-electron chi connectivity index (χ0n) is 10.3.